The predicted octanol–water partition coefficient (Wildman–Crippen LogP) is 0.938. The van der Waals surface area contributed by atoms with Crippen molar-refractivity contribution in [3.8, 4) is 0 Å². The number of nitrogens with one attached hydrogen (secondary N) is 1. The highest BCUT2D eigenvalue weighted by Crippen LogP contribution is 2.25. The molecule has 0 aromatic carbocycles. The monoisotopic (exact) mass is 322 g/mol. The number of aromatic nitrogens is 1. The van der Waals surface area contributed by atoms with Gasteiger partial charge in [0.1, 0.15) is 24.1 Å². The van der Waals surface area contributed by atoms with Crippen molar-refractivity contribution in [3.63, 3.8) is 0 Å². The first-order valence-corrected chi connectivity index (χ1v) is 7.34. The number of pyridine rings is 1. The fourth-order valence-electron chi connectivity index (χ4n) is 2.58. The summed E-state index contributed by atoms with van der Waals surface area (Å²) in [6.07, 6.45) is 2.79. The molecule has 0 saturated carbocycles. The van der Waals surface area contributed by atoms with Gasteiger partial charge in [-0.1, -0.05) is 6.92 Å². The van der Waals surface area contributed by atoms with E-state index in [0.717, 1.165) is 12.6 Å². The van der Waals surface area contributed by atoms with Crippen molar-refractivity contribution in [2.24, 2.45) is 0 Å². The number of carboxylic acids is 1. The predicted molar refractivity (Wildman–Crippen MR) is 81.1 cm³/mol. The molecule has 1 saturated heterocycles. The average Bonchev–Trinajstić information content (AvgIpc) is 3.01. The van der Waals surface area contributed by atoms with E-state index in [0.29, 0.717) is 25.2 Å². The van der Waals surface area contributed by atoms with Gasteiger partial charge in [-0.25, -0.2) is 9.78 Å². The molecule has 1 aromatic rings. The number of amides is 1. The molecule has 9 heteroatoms. The maximum atomic E-state index is 12.3. The van der Waals surface area contributed by atoms with Crippen LogP contribution in [0.2, 0.25) is 0 Å². The molecule has 124 valence electrons. The molecule has 2 unspecified atom stereocenters. The van der Waals surface area contributed by atoms with Gasteiger partial charge in [0.2, 0.25) is 5.91 Å². The number of aliphatic carboxylic acids is 1. The van der Waals surface area contributed by atoms with Crippen LogP contribution in [0.15, 0.2) is 18.3 Å². The van der Waals surface area contributed by atoms with E-state index >= 15 is 0 Å². The van der Waals surface area contributed by atoms with E-state index in [-0.39, 0.29) is 11.6 Å². The number of hydrogen-bond acceptors (Lipinski definition) is 6. The lowest BCUT2D eigenvalue weighted by molar-refractivity contribution is -0.385. The highest BCUT2D eigenvalue weighted by Gasteiger charge is 2.33. The van der Waals surface area contributed by atoms with E-state index in [4.69, 9.17) is 5.11 Å². The molecule has 1 aliphatic heterocycles. The molecule has 1 aromatic heterocycles. The summed E-state index contributed by atoms with van der Waals surface area (Å²) in [5.41, 5.74) is -0.120. The van der Waals surface area contributed by atoms with Crippen molar-refractivity contribution >= 4 is 23.4 Å². The third kappa shape index (κ3) is 3.74. The minimum absolute atomic E-state index is 0.120. The third-order valence-corrected chi connectivity index (χ3v) is 3.82. The van der Waals surface area contributed by atoms with Gasteiger partial charge in [0.15, 0.2) is 0 Å². The van der Waals surface area contributed by atoms with Crippen molar-refractivity contribution in [1.82, 2.24) is 10.3 Å². The molecule has 0 spiro atoms. The van der Waals surface area contributed by atoms with Gasteiger partial charge in [-0.2, -0.15) is 0 Å². The minimum Gasteiger partial charge on any atom is -0.480 e. The number of nitro groups is 1. The van der Waals surface area contributed by atoms with Crippen molar-refractivity contribution in [3.05, 3.63) is 28.4 Å². The fraction of sp³-hybridized carbons (Fsp3) is 0.500. The van der Waals surface area contributed by atoms with Crippen LogP contribution in [-0.4, -0.2) is 45.5 Å². The summed E-state index contributed by atoms with van der Waals surface area (Å²) in [6.45, 7) is 2.27. The summed E-state index contributed by atoms with van der Waals surface area (Å²) in [6, 6.07) is 1.40. The summed E-state index contributed by atoms with van der Waals surface area (Å²) in [5, 5.41) is 22.2. The smallest absolute Gasteiger partial charge is 0.326 e. The first-order valence-electron chi connectivity index (χ1n) is 7.34. The number of rotatable bonds is 6. The highest BCUT2D eigenvalue weighted by atomic mass is 16.6. The van der Waals surface area contributed by atoms with Crippen LogP contribution in [0.25, 0.3) is 0 Å². The number of carboxylic acid groups (broad SMARTS) is 1. The Morgan fingerprint density at radius 1 is 1.57 bits per heavy atom. The first kappa shape index (κ1) is 16.7. The van der Waals surface area contributed by atoms with Crippen LogP contribution in [0.3, 0.4) is 0 Å². The molecule has 2 rings (SSSR count). The number of nitrogens with zero attached hydrogens (tertiary/aromatic N) is 3. The van der Waals surface area contributed by atoms with Crippen molar-refractivity contribution in [2.75, 3.05) is 11.4 Å². The van der Waals surface area contributed by atoms with Crippen LogP contribution in [0.5, 0.6) is 0 Å². The van der Waals surface area contributed by atoms with E-state index in [1.807, 2.05) is 0 Å². The molecule has 1 amide bonds. The second-order valence-corrected chi connectivity index (χ2v) is 5.29. The molecule has 1 fully saturated rings. The van der Waals surface area contributed by atoms with Gasteiger partial charge in [-0.15, -0.1) is 0 Å². The molecule has 0 aliphatic carbocycles. The SMILES string of the molecule is CCC(NC(=O)C1CCCN1c1ccc([N+](=O)[O-])cn1)C(=O)O. The summed E-state index contributed by atoms with van der Waals surface area (Å²) < 4.78 is 0. The second kappa shape index (κ2) is 7.03. The lowest BCUT2D eigenvalue weighted by Gasteiger charge is -2.26. The van der Waals surface area contributed by atoms with Crippen LogP contribution in [0.4, 0.5) is 11.5 Å². The molecular weight excluding hydrogens is 304 g/mol. The number of carbonyl (C=O) groups excluding carboxylic acids is 1. The van der Waals surface area contributed by atoms with Crippen LogP contribution in [0, 0.1) is 10.1 Å². The molecule has 23 heavy (non-hydrogen) atoms. The number of anilines is 1. The Morgan fingerprint density at radius 2 is 2.30 bits per heavy atom. The van der Waals surface area contributed by atoms with Gasteiger partial charge in [0, 0.05) is 12.6 Å². The van der Waals surface area contributed by atoms with Gasteiger partial charge in [0.05, 0.1) is 4.92 Å². The topological polar surface area (TPSA) is 126 Å². The lowest BCUT2D eigenvalue weighted by Crippen LogP contribution is -2.49. The summed E-state index contributed by atoms with van der Waals surface area (Å²) in [7, 11) is 0. The summed E-state index contributed by atoms with van der Waals surface area (Å²) in [4.78, 5) is 39.3. The Morgan fingerprint density at radius 3 is 2.83 bits per heavy atom. The summed E-state index contributed by atoms with van der Waals surface area (Å²) >= 11 is 0. The molecular formula is C14H18N4O5. The zero-order chi connectivity index (χ0) is 17.0. The van der Waals surface area contributed by atoms with Crippen LogP contribution in [0.1, 0.15) is 26.2 Å². The van der Waals surface area contributed by atoms with Gasteiger partial charge in [-0.05, 0) is 25.3 Å². The first-order chi connectivity index (χ1) is 10.9. The van der Waals surface area contributed by atoms with Crippen molar-refractivity contribution in [2.45, 2.75) is 38.3 Å². The van der Waals surface area contributed by atoms with Crippen LogP contribution in [-0.2, 0) is 9.59 Å². The molecule has 2 N–H and O–H groups in total. The molecule has 1 aliphatic rings. The van der Waals surface area contributed by atoms with E-state index in [2.05, 4.69) is 10.3 Å². The normalized spacial score (nSPS) is 18.5. The third-order valence-electron chi connectivity index (χ3n) is 3.82. The Labute approximate surface area is 132 Å². The number of hydrogen-bond donors (Lipinski definition) is 2. The van der Waals surface area contributed by atoms with E-state index in [1.165, 1.54) is 12.1 Å². The second-order valence-electron chi connectivity index (χ2n) is 5.29. The molecule has 2 atom stereocenters. The molecule has 0 bridgehead atoms. The Bertz CT molecular complexity index is 604. The van der Waals surface area contributed by atoms with E-state index < -0.39 is 23.0 Å². The zero-order valence-electron chi connectivity index (χ0n) is 12.6. The Balaban J connectivity index is 2.11. The average molecular weight is 322 g/mol. The number of carbonyl (C=O) groups is 2. The Hall–Kier alpha value is -2.71. The largest absolute Gasteiger partial charge is 0.480 e. The maximum Gasteiger partial charge on any atom is 0.326 e. The summed E-state index contributed by atoms with van der Waals surface area (Å²) in [5.74, 6) is -0.965. The van der Waals surface area contributed by atoms with Crippen LogP contribution >= 0.6 is 0 Å². The van der Waals surface area contributed by atoms with E-state index in [1.54, 1.807) is 11.8 Å². The lowest BCUT2D eigenvalue weighted by atomic mass is 10.1. The standard InChI is InChI=1S/C14H18N4O5/c1-2-10(14(20)21)16-13(19)11-4-3-7-17(11)12-6-5-9(8-15-12)18(22)23/h5-6,8,10-11H,2-4,7H2,1H3,(H,16,19)(H,20,21). The quantitative estimate of drug-likeness (QED) is 0.589. The van der Waals surface area contributed by atoms with Gasteiger partial charge < -0.3 is 15.3 Å². The molecule has 9 nitrogen and oxygen atoms in total. The van der Waals surface area contributed by atoms with Crippen molar-refractivity contribution in [1.29, 1.82) is 0 Å². The van der Waals surface area contributed by atoms with Crippen molar-refractivity contribution < 1.29 is 19.6 Å². The fourth-order valence-corrected chi connectivity index (χ4v) is 2.58. The maximum absolute atomic E-state index is 12.3. The Kier molecular flexibility index (Phi) is 5.09. The molecule has 0 radical (unpaired) electrons. The highest BCUT2D eigenvalue weighted by molar-refractivity contribution is 5.89. The minimum atomic E-state index is -1.07. The molecule has 2 heterocycles. The van der Waals surface area contributed by atoms with Gasteiger partial charge >= 0.3 is 5.97 Å². The zero-order valence-corrected chi connectivity index (χ0v) is 12.6. The van der Waals surface area contributed by atoms with E-state index in [9.17, 15) is 19.7 Å². The van der Waals surface area contributed by atoms with Gasteiger partial charge in [-0.3, -0.25) is 14.9 Å². The van der Waals surface area contributed by atoms with Crippen LogP contribution < -0.4 is 10.2 Å². The van der Waals surface area contributed by atoms with Gasteiger partial charge in [0.25, 0.3) is 5.69 Å².